The lowest BCUT2D eigenvalue weighted by Gasteiger charge is -2.26. The molecule has 0 heterocycles. The van der Waals surface area contributed by atoms with Gasteiger partial charge in [0.05, 0.1) is 17.5 Å². The van der Waals surface area contributed by atoms with Crippen molar-refractivity contribution in [3.63, 3.8) is 0 Å². The van der Waals surface area contributed by atoms with Crippen molar-refractivity contribution in [1.82, 2.24) is 0 Å². The molecule has 0 spiro atoms. The molecule has 3 aromatic rings. The Kier molecular flexibility index (Phi) is 10.0. The van der Waals surface area contributed by atoms with Gasteiger partial charge in [-0.25, -0.2) is 4.79 Å². The van der Waals surface area contributed by atoms with Crippen LogP contribution in [-0.4, -0.2) is 36.1 Å². The van der Waals surface area contributed by atoms with Gasteiger partial charge in [0.2, 0.25) is 5.91 Å². The van der Waals surface area contributed by atoms with E-state index in [1.54, 1.807) is 66.7 Å². The van der Waals surface area contributed by atoms with Crippen LogP contribution >= 0.6 is 0 Å². The lowest BCUT2D eigenvalue weighted by atomic mass is 10.00. The van der Waals surface area contributed by atoms with Crippen LogP contribution in [0.1, 0.15) is 41.8 Å². The summed E-state index contributed by atoms with van der Waals surface area (Å²) in [6, 6.07) is 19.7. The number of phenols is 1. The van der Waals surface area contributed by atoms with Gasteiger partial charge in [-0.15, -0.1) is 0 Å². The van der Waals surface area contributed by atoms with Crippen LogP contribution < -0.4 is 16.4 Å². The highest BCUT2D eigenvalue weighted by molar-refractivity contribution is 6.01. The van der Waals surface area contributed by atoms with Crippen LogP contribution in [0.15, 0.2) is 84.9 Å². The minimum absolute atomic E-state index is 0.0736. The maximum atomic E-state index is 12.7. The van der Waals surface area contributed by atoms with Gasteiger partial charge < -0.3 is 25.6 Å². The largest absolute Gasteiger partial charge is 0.508 e. The topological polar surface area (TPSA) is 140 Å². The summed E-state index contributed by atoms with van der Waals surface area (Å²) in [5.74, 6) is -0.326. The van der Waals surface area contributed by atoms with Gasteiger partial charge in [-0.05, 0) is 79.9 Å². The number of ketones is 1. The summed E-state index contributed by atoms with van der Waals surface area (Å²) in [4.78, 5) is 36.5. The minimum atomic E-state index is -0.802. The highest BCUT2D eigenvalue weighted by Gasteiger charge is 2.27. The molecule has 0 saturated carbocycles. The summed E-state index contributed by atoms with van der Waals surface area (Å²) in [5.41, 5.74) is 8.47. The molecule has 0 aliphatic heterocycles. The number of allylic oxidation sites excluding steroid dienone is 1. The van der Waals surface area contributed by atoms with Crippen LogP contribution in [0.3, 0.4) is 0 Å². The molecule has 2 amide bonds. The Bertz CT molecular complexity index is 1270. The lowest BCUT2D eigenvalue weighted by molar-refractivity contribution is -0.111. The highest BCUT2D eigenvalue weighted by Crippen LogP contribution is 2.28. The van der Waals surface area contributed by atoms with Gasteiger partial charge in [0, 0.05) is 18.4 Å². The van der Waals surface area contributed by atoms with E-state index in [1.165, 1.54) is 32.2 Å². The number of nitrogens with two attached hydrogens (primary N) is 1. The zero-order chi connectivity index (χ0) is 27.5. The van der Waals surface area contributed by atoms with E-state index >= 15 is 0 Å². The minimum Gasteiger partial charge on any atom is -0.508 e. The fourth-order valence-corrected chi connectivity index (χ4v) is 3.70. The first-order valence-electron chi connectivity index (χ1n) is 12.0. The normalized spacial score (nSPS) is 12.5. The Morgan fingerprint density at radius 1 is 0.974 bits per heavy atom. The molecule has 0 radical (unpaired) electrons. The van der Waals surface area contributed by atoms with E-state index in [0.29, 0.717) is 41.0 Å². The average Bonchev–Trinajstić information content (AvgIpc) is 2.90. The Morgan fingerprint density at radius 2 is 1.66 bits per heavy atom. The number of hydrogen-bond donors (Lipinski definition) is 4. The van der Waals surface area contributed by atoms with Crippen molar-refractivity contribution in [3.05, 3.63) is 96.1 Å². The second-order valence-electron chi connectivity index (χ2n) is 8.51. The van der Waals surface area contributed by atoms with E-state index < -0.39 is 18.3 Å². The number of rotatable bonds is 11. The van der Waals surface area contributed by atoms with Gasteiger partial charge >= 0.3 is 6.09 Å². The molecule has 0 bridgehead atoms. The number of nitrogen functional groups attached to an aromatic ring is 1. The first-order valence-corrected chi connectivity index (χ1v) is 12.0. The molecule has 2 atom stereocenters. The first-order chi connectivity index (χ1) is 18.3. The summed E-state index contributed by atoms with van der Waals surface area (Å²) < 4.78 is 11.4. The number of hydrogen-bond acceptors (Lipinski definition) is 7. The van der Waals surface area contributed by atoms with Crippen LogP contribution in [-0.2, 0) is 14.3 Å². The Morgan fingerprint density at radius 3 is 2.29 bits per heavy atom. The van der Waals surface area contributed by atoms with Gasteiger partial charge in [0.25, 0.3) is 0 Å². The maximum absolute atomic E-state index is 12.7. The summed E-state index contributed by atoms with van der Waals surface area (Å²) in [6.45, 7) is 1.46. The van der Waals surface area contributed by atoms with E-state index in [1.807, 2.05) is 0 Å². The molecule has 3 aromatic carbocycles. The first kappa shape index (κ1) is 27.9. The SMILES string of the molecule is CO[C@@H](CC/C=C/C(=O)Nc1ccccc1N)[C@@H](OC(=O)Nc1ccc(C(C)=O)cc1)c1ccc(O)cc1. The molecule has 0 aliphatic carbocycles. The van der Waals surface area contributed by atoms with Gasteiger partial charge in [0.1, 0.15) is 5.75 Å². The predicted octanol–water partition coefficient (Wildman–Crippen LogP) is 5.46. The van der Waals surface area contributed by atoms with Gasteiger partial charge in [0.15, 0.2) is 11.9 Å². The summed E-state index contributed by atoms with van der Waals surface area (Å²) in [6.07, 6.45) is 1.93. The van der Waals surface area contributed by atoms with Crippen molar-refractivity contribution in [3.8, 4) is 5.75 Å². The van der Waals surface area contributed by atoms with E-state index in [0.717, 1.165) is 0 Å². The van der Waals surface area contributed by atoms with Crippen molar-refractivity contribution < 1.29 is 29.0 Å². The molecule has 0 fully saturated rings. The monoisotopic (exact) mass is 517 g/mol. The van der Waals surface area contributed by atoms with Crippen LogP contribution in [0, 0.1) is 0 Å². The smallest absolute Gasteiger partial charge is 0.412 e. The number of carbonyl (C=O) groups excluding carboxylic acids is 3. The summed E-state index contributed by atoms with van der Waals surface area (Å²) in [7, 11) is 1.51. The van der Waals surface area contributed by atoms with Crippen molar-refractivity contribution in [1.29, 1.82) is 0 Å². The van der Waals surface area contributed by atoms with Crippen molar-refractivity contribution in [2.75, 3.05) is 23.5 Å². The van der Waals surface area contributed by atoms with Gasteiger partial charge in [-0.2, -0.15) is 0 Å². The molecule has 5 N–H and O–H groups in total. The second-order valence-corrected chi connectivity index (χ2v) is 8.51. The molecule has 198 valence electrons. The number of ether oxygens (including phenoxy) is 2. The van der Waals surface area contributed by atoms with Crippen molar-refractivity contribution in [2.24, 2.45) is 0 Å². The third-order valence-electron chi connectivity index (χ3n) is 5.74. The molecule has 0 aromatic heterocycles. The van der Waals surface area contributed by atoms with Crippen molar-refractivity contribution in [2.45, 2.75) is 32.0 Å². The molecule has 38 heavy (non-hydrogen) atoms. The van der Waals surface area contributed by atoms with E-state index in [2.05, 4.69) is 10.6 Å². The Labute approximate surface area is 221 Å². The zero-order valence-corrected chi connectivity index (χ0v) is 21.2. The number of nitrogens with one attached hydrogen (secondary N) is 2. The number of carbonyl (C=O) groups is 3. The van der Waals surface area contributed by atoms with E-state index in [4.69, 9.17) is 15.2 Å². The summed E-state index contributed by atoms with van der Waals surface area (Å²) in [5, 5.41) is 15.1. The molecule has 3 rings (SSSR count). The van der Waals surface area contributed by atoms with E-state index in [-0.39, 0.29) is 17.4 Å². The van der Waals surface area contributed by atoms with Gasteiger partial charge in [-0.3, -0.25) is 14.9 Å². The zero-order valence-electron chi connectivity index (χ0n) is 21.2. The van der Waals surface area contributed by atoms with Crippen molar-refractivity contribution >= 4 is 34.8 Å². The molecule has 9 nitrogen and oxygen atoms in total. The number of benzene rings is 3. The molecular formula is C29H31N3O6. The average molecular weight is 518 g/mol. The third kappa shape index (κ3) is 8.21. The van der Waals surface area contributed by atoms with Gasteiger partial charge in [-0.1, -0.05) is 30.3 Å². The number of methoxy groups -OCH3 is 1. The van der Waals surface area contributed by atoms with Crippen LogP contribution in [0.4, 0.5) is 21.9 Å². The maximum Gasteiger partial charge on any atom is 0.412 e. The third-order valence-corrected chi connectivity index (χ3v) is 5.74. The molecular weight excluding hydrogens is 486 g/mol. The number of aromatic hydroxyl groups is 1. The Balaban J connectivity index is 1.65. The summed E-state index contributed by atoms with van der Waals surface area (Å²) >= 11 is 0. The lowest BCUT2D eigenvalue weighted by Crippen LogP contribution is -2.28. The van der Waals surface area contributed by atoms with Crippen LogP contribution in [0.25, 0.3) is 0 Å². The number of para-hydroxylation sites is 2. The highest BCUT2D eigenvalue weighted by atomic mass is 16.6. The number of anilines is 3. The standard InChI is InChI=1S/C29H31N3O6/c1-19(33)20-11-15-22(16-12-20)31-29(36)38-28(21-13-17-23(34)18-14-21)26(37-2)9-5-6-10-27(35)32-25-8-4-3-7-24(25)30/h3-4,6-8,10-18,26,28,34H,5,9,30H2,1-2H3,(H,31,36)(H,32,35)/b10-6+/t26-,28-/m0/s1. The quantitative estimate of drug-likeness (QED) is 0.150. The molecule has 0 unspecified atom stereocenters. The number of Topliss-reactive ketones (excluding diaryl/α,β-unsaturated/α-hetero) is 1. The fourth-order valence-electron chi connectivity index (χ4n) is 3.70. The van der Waals surface area contributed by atoms with Crippen LogP contribution in [0.5, 0.6) is 5.75 Å². The second kappa shape index (κ2) is 13.6. The fraction of sp³-hybridized carbons (Fsp3) is 0.207. The Hall–Kier alpha value is -4.63. The molecule has 0 saturated heterocycles. The predicted molar refractivity (Wildman–Crippen MR) is 146 cm³/mol. The molecule has 9 heteroatoms. The van der Waals surface area contributed by atoms with E-state index in [9.17, 15) is 19.5 Å². The number of amides is 2. The number of phenolic OH excluding ortho intramolecular Hbond substituents is 1. The van der Waals surface area contributed by atoms with Crippen LogP contribution in [0.2, 0.25) is 0 Å². The molecule has 0 aliphatic rings.